The highest BCUT2D eigenvalue weighted by atomic mass is 32.2. The van der Waals surface area contributed by atoms with Crippen LogP contribution >= 0.6 is 0 Å². The molecule has 0 aliphatic heterocycles. The topological polar surface area (TPSA) is 92.3 Å². The zero-order chi connectivity index (χ0) is 22.2. The first-order valence-electron chi connectivity index (χ1n) is 7.83. The van der Waals surface area contributed by atoms with E-state index < -0.39 is 33.7 Å². The summed E-state index contributed by atoms with van der Waals surface area (Å²) in [5, 5.41) is 1.40. The molecular weight excluding hydrogens is 423 g/mol. The van der Waals surface area contributed by atoms with Gasteiger partial charge in [0.1, 0.15) is 0 Å². The number of carbonyl (C=O) groups is 1. The minimum absolute atomic E-state index is 0.107. The van der Waals surface area contributed by atoms with Crippen LogP contribution in [-0.2, 0) is 14.8 Å². The van der Waals surface area contributed by atoms with E-state index in [1.807, 2.05) is 0 Å². The van der Waals surface area contributed by atoms with E-state index in [-0.39, 0.29) is 10.8 Å². The van der Waals surface area contributed by atoms with Crippen LogP contribution in [0.15, 0.2) is 35.2 Å². The molecule has 0 saturated carbocycles. The van der Waals surface area contributed by atoms with E-state index in [4.69, 9.17) is 0 Å². The summed E-state index contributed by atoms with van der Waals surface area (Å²) in [5.74, 6) is -8.29. The van der Waals surface area contributed by atoms with Crippen molar-refractivity contribution in [2.45, 2.75) is 30.8 Å². The molecule has 0 aliphatic carbocycles. The fraction of sp³-hybridized carbons (Fsp3) is 0.312. The van der Waals surface area contributed by atoms with Crippen molar-refractivity contribution in [1.29, 1.82) is 0 Å². The van der Waals surface area contributed by atoms with Crippen molar-refractivity contribution in [1.82, 2.24) is 9.97 Å². The number of amides is 1. The fourth-order valence-corrected chi connectivity index (χ4v) is 3.26. The lowest BCUT2D eigenvalue weighted by atomic mass is 10.2. The quantitative estimate of drug-likeness (QED) is 0.725. The van der Waals surface area contributed by atoms with Gasteiger partial charge >= 0.3 is 18.0 Å². The van der Waals surface area contributed by atoms with Crippen molar-refractivity contribution in [3.05, 3.63) is 41.7 Å². The molecule has 0 bridgehead atoms. The highest BCUT2D eigenvalue weighted by molar-refractivity contribution is 7.92. The standard InChI is InChI=1S/C16H15F5N4O3S/c1-9-8-10(2)23-14(22-9)25(3)29(27,28)12-6-4-11(5-7-12)24-13(26)15(17,18)16(19,20)21/h4-8H,1-3H3,(H,24,26). The molecule has 0 aliphatic rings. The Morgan fingerprint density at radius 2 is 1.48 bits per heavy atom. The van der Waals surface area contributed by atoms with Crippen LogP contribution in [-0.4, -0.2) is 43.4 Å². The number of anilines is 2. The second-order valence-electron chi connectivity index (χ2n) is 5.97. The third kappa shape index (κ3) is 4.60. The van der Waals surface area contributed by atoms with Crippen LogP contribution in [0.5, 0.6) is 0 Å². The minimum Gasteiger partial charge on any atom is -0.321 e. The molecule has 1 aromatic carbocycles. The molecule has 7 nitrogen and oxygen atoms in total. The third-order valence-corrected chi connectivity index (χ3v) is 5.42. The van der Waals surface area contributed by atoms with E-state index in [2.05, 4.69) is 9.97 Å². The molecule has 1 N–H and O–H groups in total. The number of nitrogens with zero attached hydrogens (tertiary/aromatic N) is 3. The van der Waals surface area contributed by atoms with Crippen LogP contribution in [0.2, 0.25) is 0 Å². The summed E-state index contributed by atoms with van der Waals surface area (Å²) in [6.07, 6.45) is -6.06. The molecular formula is C16H15F5N4O3S. The summed E-state index contributed by atoms with van der Waals surface area (Å²) >= 11 is 0. The molecule has 0 unspecified atom stereocenters. The van der Waals surface area contributed by atoms with Gasteiger partial charge in [-0.2, -0.15) is 22.0 Å². The molecule has 29 heavy (non-hydrogen) atoms. The SMILES string of the molecule is Cc1cc(C)nc(N(C)S(=O)(=O)c2ccc(NC(=O)C(F)(F)C(F)(F)F)cc2)n1. The molecule has 0 radical (unpaired) electrons. The van der Waals surface area contributed by atoms with Crippen molar-refractivity contribution in [2.75, 3.05) is 16.7 Å². The Balaban J connectivity index is 2.26. The summed E-state index contributed by atoms with van der Waals surface area (Å²) in [4.78, 5) is 18.9. The predicted octanol–water partition coefficient (Wildman–Crippen LogP) is 3.05. The molecule has 2 aromatic rings. The van der Waals surface area contributed by atoms with E-state index >= 15 is 0 Å². The van der Waals surface area contributed by atoms with E-state index in [9.17, 15) is 35.2 Å². The molecule has 1 aromatic heterocycles. The van der Waals surface area contributed by atoms with Gasteiger partial charge in [0.05, 0.1) is 4.90 Å². The van der Waals surface area contributed by atoms with Crippen molar-refractivity contribution >= 4 is 27.6 Å². The number of alkyl halides is 5. The molecule has 1 amide bonds. The van der Waals surface area contributed by atoms with Crippen LogP contribution < -0.4 is 9.62 Å². The number of hydrogen-bond acceptors (Lipinski definition) is 5. The monoisotopic (exact) mass is 438 g/mol. The summed E-state index contributed by atoms with van der Waals surface area (Å²) in [6, 6.07) is 5.28. The maximum absolute atomic E-state index is 13.0. The van der Waals surface area contributed by atoms with Crippen molar-refractivity contribution in [3.8, 4) is 0 Å². The van der Waals surface area contributed by atoms with E-state index in [0.29, 0.717) is 11.4 Å². The van der Waals surface area contributed by atoms with Crippen LogP contribution in [0.4, 0.5) is 33.6 Å². The smallest absolute Gasteiger partial charge is 0.321 e. The highest BCUT2D eigenvalue weighted by Gasteiger charge is 2.63. The van der Waals surface area contributed by atoms with Crippen LogP contribution in [0.1, 0.15) is 11.4 Å². The summed E-state index contributed by atoms with van der Waals surface area (Å²) in [5.41, 5.74) is 0.611. The number of aryl methyl sites for hydroxylation is 2. The Bertz CT molecular complexity index is 1000. The maximum Gasteiger partial charge on any atom is 0.463 e. The Labute approximate surface area is 162 Å². The molecule has 0 saturated heterocycles. The lowest BCUT2D eigenvalue weighted by Gasteiger charge is -2.19. The Morgan fingerprint density at radius 3 is 1.93 bits per heavy atom. The van der Waals surface area contributed by atoms with Gasteiger partial charge in [-0.1, -0.05) is 0 Å². The van der Waals surface area contributed by atoms with Gasteiger partial charge in [-0.05, 0) is 44.2 Å². The fourth-order valence-electron chi connectivity index (χ4n) is 2.16. The Hall–Kier alpha value is -2.83. The van der Waals surface area contributed by atoms with Crippen molar-refractivity contribution in [2.24, 2.45) is 0 Å². The van der Waals surface area contributed by atoms with Crippen LogP contribution in [0.3, 0.4) is 0 Å². The first-order valence-corrected chi connectivity index (χ1v) is 9.27. The number of rotatable bonds is 5. The zero-order valence-corrected chi connectivity index (χ0v) is 16.1. The number of carbonyl (C=O) groups excluding carboxylic acids is 1. The minimum atomic E-state index is -6.06. The normalized spacial score (nSPS) is 12.6. The number of benzene rings is 1. The first-order chi connectivity index (χ1) is 13.2. The van der Waals surface area contributed by atoms with Gasteiger partial charge < -0.3 is 5.32 Å². The van der Waals surface area contributed by atoms with E-state index in [1.54, 1.807) is 19.9 Å². The average Bonchev–Trinajstić information content (AvgIpc) is 2.59. The summed E-state index contributed by atoms with van der Waals surface area (Å²) in [6.45, 7) is 3.29. The Kier molecular flexibility index (Phi) is 5.84. The van der Waals surface area contributed by atoms with Gasteiger partial charge in [0, 0.05) is 24.1 Å². The van der Waals surface area contributed by atoms with Crippen molar-refractivity contribution in [3.63, 3.8) is 0 Å². The molecule has 0 fully saturated rings. The average molecular weight is 438 g/mol. The van der Waals surface area contributed by atoms with E-state index in [0.717, 1.165) is 28.6 Å². The zero-order valence-electron chi connectivity index (χ0n) is 15.3. The maximum atomic E-state index is 13.0. The lowest BCUT2D eigenvalue weighted by Crippen LogP contribution is -2.47. The summed E-state index contributed by atoms with van der Waals surface area (Å²) in [7, 11) is -2.96. The lowest BCUT2D eigenvalue weighted by molar-refractivity contribution is -0.267. The number of nitrogens with one attached hydrogen (secondary N) is 1. The van der Waals surface area contributed by atoms with Gasteiger partial charge in [0.25, 0.3) is 10.0 Å². The van der Waals surface area contributed by atoms with Crippen LogP contribution in [0.25, 0.3) is 0 Å². The van der Waals surface area contributed by atoms with Gasteiger partial charge in [-0.15, -0.1) is 0 Å². The Morgan fingerprint density at radius 1 is 1.00 bits per heavy atom. The molecule has 0 spiro atoms. The van der Waals surface area contributed by atoms with Crippen molar-refractivity contribution < 1.29 is 35.2 Å². The predicted molar refractivity (Wildman–Crippen MR) is 93.2 cm³/mol. The number of aromatic nitrogens is 2. The molecule has 1 heterocycles. The van der Waals surface area contributed by atoms with Crippen LogP contribution in [0, 0.1) is 13.8 Å². The molecule has 13 heteroatoms. The number of hydrogen-bond donors (Lipinski definition) is 1. The number of halogens is 5. The summed E-state index contributed by atoms with van der Waals surface area (Å²) < 4.78 is 88.7. The van der Waals surface area contributed by atoms with Gasteiger partial charge in [0.2, 0.25) is 5.95 Å². The van der Waals surface area contributed by atoms with Gasteiger partial charge in [-0.3, -0.25) is 4.79 Å². The molecule has 158 valence electrons. The largest absolute Gasteiger partial charge is 0.463 e. The third-order valence-electron chi connectivity index (χ3n) is 3.66. The van der Waals surface area contributed by atoms with Gasteiger partial charge in [-0.25, -0.2) is 22.7 Å². The van der Waals surface area contributed by atoms with E-state index in [1.165, 1.54) is 12.4 Å². The highest BCUT2D eigenvalue weighted by Crippen LogP contribution is 2.36. The second kappa shape index (κ2) is 7.54. The van der Waals surface area contributed by atoms with Gasteiger partial charge in [0.15, 0.2) is 0 Å². The molecule has 2 rings (SSSR count). The number of sulfonamides is 1. The molecule has 0 atom stereocenters. The second-order valence-corrected chi connectivity index (χ2v) is 7.94. The first kappa shape index (κ1) is 22.5.